The molecule has 0 atom stereocenters. The van der Waals surface area contributed by atoms with Gasteiger partial charge >= 0.3 is 6.03 Å². The minimum absolute atomic E-state index is 0.207. The Hall–Kier alpha value is -0.810. The number of hydrogen-bond acceptors (Lipinski definition) is 3. The van der Waals surface area contributed by atoms with Crippen LogP contribution in [0.25, 0.3) is 0 Å². The molecule has 2 saturated heterocycles. The van der Waals surface area contributed by atoms with Crippen molar-refractivity contribution in [2.75, 3.05) is 33.4 Å². The summed E-state index contributed by atoms with van der Waals surface area (Å²) < 4.78 is 11.5. The van der Waals surface area contributed by atoms with Crippen LogP contribution in [-0.2, 0) is 9.47 Å². The highest BCUT2D eigenvalue weighted by Crippen LogP contribution is 2.37. The van der Waals surface area contributed by atoms with Crippen molar-refractivity contribution < 1.29 is 14.3 Å². The average molecular weight is 282 g/mol. The van der Waals surface area contributed by atoms with Gasteiger partial charge in [-0.15, -0.1) is 0 Å². The van der Waals surface area contributed by atoms with E-state index in [9.17, 15) is 4.79 Å². The number of rotatable bonds is 1. The number of urea groups is 1. The standard InChI is InChI=1S/C15H26N2O3/c1-16(14(18)17-9-3-2-4-10-17)13-5-7-15(8-6-13)19-11-12-20-15/h13H,2-12H2,1H3. The second-order valence-electron chi connectivity index (χ2n) is 6.28. The molecular formula is C15H26N2O3. The van der Waals surface area contributed by atoms with Gasteiger partial charge in [0.2, 0.25) is 0 Å². The number of nitrogens with zero attached hydrogens (tertiary/aromatic N) is 2. The highest BCUT2D eigenvalue weighted by atomic mass is 16.7. The lowest BCUT2D eigenvalue weighted by molar-refractivity contribution is -0.182. The maximum Gasteiger partial charge on any atom is 0.319 e. The van der Waals surface area contributed by atoms with Gasteiger partial charge in [-0.05, 0) is 32.1 Å². The quantitative estimate of drug-likeness (QED) is 0.740. The second kappa shape index (κ2) is 5.90. The topological polar surface area (TPSA) is 42.0 Å². The van der Waals surface area contributed by atoms with Crippen LogP contribution in [0.15, 0.2) is 0 Å². The first-order valence-corrected chi connectivity index (χ1v) is 8.00. The summed E-state index contributed by atoms with van der Waals surface area (Å²) in [6.07, 6.45) is 7.34. The van der Waals surface area contributed by atoms with Crippen LogP contribution in [0.2, 0.25) is 0 Å². The van der Waals surface area contributed by atoms with E-state index in [1.807, 2.05) is 16.8 Å². The van der Waals surface area contributed by atoms with Crippen LogP contribution in [0.1, 0.15) is 44.9 Å². The maximum atomic E-state index is 12.5. The fourth-order valence-electron chi connectivity index (χ4n) is 3.68. The highest BCUT2D eigenvalue weighted by molar-refractivity contribution is 5.74. The van der Waals surface area contributed by atoms with E-state index in [2.05, 4.69) is 0 Å². The molecule has 2 aliphatic heterocycles. The number of piperidine rings is 1. The number of hydrogen-bond donors (Lipinski definition) is 0. The third-order valence-electron chi connectivity index (χ3n) is 5.01. The van der Waals surface area contributed by atoms with Crippen LogP contribution in [0, 0.1) is 0 Å². The Bertz CT molecular complexity index is 339. The molecule has 114 valence electrons. The molecule has 1 aliphatic carbocycles. The molecule has 0 bridgehead atoms. The van der Waals surface area contributed by atoms with Gasteiger partial charge in [-0.2, -0.15) is 0 Å². The van der Waals surface area contributed by atoms with Crippen molar-refractivity contribution in [2.24, 2.45) is 0 Å². The Morgan fingerprint density at radius 3 is 2.30 bits per heavy atom. The first-order chi connectivity index (χ1) is 9.70. The molecule has 3 fully saturated rings. The van der Waals surface area contributed by atoms with E-state index in [4.69, 9.17) is 9.47 Å². The zero-order valence-corrected chi connectivity index (χ0v) is 12.5. The van der Waals surface area contributed by atoms with Gasteiger partial charge in [0, 0.05) is 39.0 Å². The molecule has 1 spiro atoms. The number of carbonyl (C=O) groups is 1. The molecule has 0 N–H and O–H groups in total. The smallest absolute Gasteiger partial charge is 0.319 e. The van der Waals surface area contributed by atoms with Gasteiger partial charge in [-0.1, -0.05) is 0 Å². The van der Waals surface area contributed by atoms with E-state index in [1.165, 1.54) is 6.42 Å². The molecule has 5 nitrogen and oxygen atoms in total. The lowest BCUT2D eigenvalue weighted by atomic mass is 9.89. The maximum absolute atomic E-state index is 12.5. The summed E-state index contributed by atoms with van der Waals surface area (Å²) in [6, 6.07) is 0.543. The summed E-state index contributed by atoms with van der Waals surface area (Å²) in [5.74, 6) is -0.328. The summed E-state index contributed by atoms with van der Waals surface area (Å²) >= 11 is 0. The molecule has 3 rings (SSSR count). The van der Waals surface area contributed by atoms with Gasteiger partial charge < -0.3 is 19.3 Å². The Morgan fingerprint density at radius 1 is 1.10 bits per heavy atom. The molecule has 2 amide bonds. The van der Waals surface area contributed by atoms with Gasteiger partial charge in [0.05, 0.1) is 13.2 Å². The minimum Gasteiger partial charge on any atom is -0.348 e. The minimum atomic E-state index is -0.328. The summed E-state index contributed by atoms with van der Waals surface area (Å²) in [5, 5.41) is 0. The lowest BCUT2D eigenvalue weighted by Crippen LogP contribution is -2.50. The monoisotopic (exact) mass is 282 g/mol. The molecular weight excluding hydrogens is 256 g/mol. The van der Waals surface area contributed by atoms with E-state index in [-0.39, 0.29) is 11.8 Å². The first-order valence-electron chi connectivity index (χ1n) is 8.00. The van der Waals surface area contributed by atoms with Crippen molar-refractivity contribution >= 4 is 6.03 Å². The number of amides is 2. The van der Waals surface area contributed by atoms with E-state index >= 15 is 0 Å². The van der Waals surface area contributed by atoms with Crippen molar-refractivity contribution in [2.45, 2.75) is 56.8 Å². The Balaban J connectivity index is 1.52. The van der Waals surface area contributed by atoms with Gasteiger partial charge in [0.25, 0.3) is 0 Å². The molecule has 0 aromatic heterocycles. The van der Waals surface area contributed by atoms with Gasteiger partial charge in [-0.3, -0.25) is 0 Å². The summed E-state index contributed by atoms with van der Waals surface area (Å²) in [7, 11) is 1.95. The number of carbonyl (C=O) groups excluding carboxylic acids is 1. The fraction of sp³-hybridized carbons (Fsp3) is 0.933. The van der Waals surface area contributed by atoms with Gasteiger partial charge in [-0.25, -0.2) is 4.79 Å². The normalized spacial score (nSPS) is 26.9. The zero-order valence-electron chi connectivity index (χ0n) is 12.5. The molecule has 5 heteroatoms. The van der Waals surface area contributed by atoms with Crippen molar-refractivity contribution in [1.29, 1.82) is 0 Å². The fourth-order valence-corrected chi connectivity index (χ4v) is 3.68. The first kappa shape index (κ1) is 14.1. The molecule has 0 aromatic rings. The van der Waals surface area contributed by atoms with Crippen LogP contribution in [0.4, 0.5) is 4.79 Å². The van der Waals surface area contributed by atoms with Crippen molar-refractivity contribution in [3.05, 3.63) is 0 Å². The zero-order chi connectivity index (χ0) is 14.0. The number of likely N-dealkylation sites (tertiary alicyclic amines) is 1. The van der Waals surface area contributed by atoms with E-state index in [0.717, 1.165) is 51.6 Å². The summed E-state index contributed by atoms with van der Waals surface area (Å²) in [6.45, 7) is 3.28. The Morgan fingerprint density at radius 2 is 1.70 bits per heavy atom. The Labute approximate surface area is 121 Å². The van der Waals surface area contributed by atoms with Crippen LogP contribution in [-0.4, -0.2) is 61.0 Å². The summed E-state index contributed by atoms with van der Waals surface area (Å²) in [4.78, 5) is 16.5. The Kier molecular flexibility index (Phi) is 4.17. The molecule has 20 heavy (non-hydrogen) atoms. The van der Waals surface area contributed by atoms with E-state index < -0.39 is 0 Å². The van der Waals surface area contributed by atoms with Crippen LogP contribution in [0.5, 0.6) is 0 Å². The average Bonchev–Trinajstić information content (AvgIpc) is 2.96. The highest BCUT2D eigenvalue weighted by Gasteiger charge is 2.42. The van der Waals surface area contributed by atoms with Crippen molar-refractivity contribution in [3.8, 4) is 0 Å². The molecule has 0 unspecified atom stereocenters. The van der Waals surface area contributed by atoms with Crippen LogP contribution < -0.4 is 0 Å². The third kappa shape index (κ3) is 2.79. The largest absolute Gasteiger partial charge is 0.348 e. The lowest BCUT2D eigenvalue weighted by Gasteiger charge is -2.41. The molecule has 3 aliphatic rings. The van der Waals surface area contributed by atoms with E-state index in [0.29, 0.717) is 19.3 Å². The molecule has 0 aromatic carbocycles. The predicted octanol–water partition coefficient (Wildman–Crippen LogP) is 2.21. The van der Waals surface area contributed by atoms with Crippen LogP contribution >= 0.6 is 0 Å². The number of ether oxygens (including phenoxy) is 2. The van der Waals surface area contributed by atoms with Crippen LogP contribution in [0.3, 0.4) is 0 Å². The molecule has 0 radical (unpaired) electrons. The van der Waals surface area contributed by atoms with Crippen molar-refractivity contribution in [1.82, 2.24) is 9.80 Å². The van der Waals surface area contributed by atoms with Gasteiger partial charge in [0.15, 0.2) is 5.79 Å². The molecule has 1 saturated carbocycles. The van der Waals surface area contributed by atoms with Crippen molar-refractivity contribution in [3.63, 3.8) is 0 Å². The second-order valence-corrected chi connectivity index (χ2v) is 6.28. The molecule has 2 heterocycles. The SMILES string of the molecule is CN(C(=O)N1CCCCC1)C1CCC2(CC1)OCCO2. The summed E-state index contributed by atoms with van der Waals surface area (Å²) in [5.41, 5.74) is 0. The third-order valence-corrected chi connectivity index (χ3v) is 5.01. The van der Waals surface area contributed by atoms with E-state index in [1.54, 1.807) is 0 Å². The predicted molar refractivity (Wildman–Crippen MR) is 75.5 cm³/mol. The van der Waals surface area contributed by atoms with Gasteiger partial charge in [0.1, 0.15) is 0 Å².